The van der Waals surface area contributed by atoms with Gasteiger partial charge in [-0.25, -0.2) is 4.44 Å². The molecule has 0 saturated heterocycles. The maximum atomic E-state index is 15.2. The van der Waals surface area contributed by atoms with E-state index in [1.54, 1.807) is 6.08 Å². The number of allylic oxidation sites excluding steroid dienone is 5. The maximum absolute atomic E-state index is 15.2. The molecule has 0 bridgehead atoms. The monoisotopic (exact) mass is 505 g/mol. The second-order valence-corrected chi connectivity index (χ2v) is 12.0. The van der Waals surface area contributed by atoms with Gasteiger partial charge in [-0.2, -0.15) is 0 Å². The third kappa shape index (κ3) is 7.74. The first-order valence-corrected chi connectivity index (χ1v) is 15.4. The summed E-state index contributed by atoms with van der Waals surface area (Å²) < 4.78 is 17.4. The third-order valence-corrected chi connectivity index (χ3v) is 11.5. The van der Waals surface area contributed by atoms with E-state index in [0.29, 0.717) is 6.54 Å². The van der Waals surface area contributed by atoms with Crippen LogP contribution in [0, 0.1) is 0 Å². The van der Waals surface area contributed by atoms with Gasteiger partial charge in [-0.05, 0) is 29.7 Å². The van der Waals surface area contributed by atoms with Crippen LogP contribution in [0.3, 0.4) is 0 Å². The fraction of sp³-hybridized carbons (Fsp3) is 0.226. The van der Waals surface area contributed by atoms with Gasteiger partial charge in [0.05, 0.1) is 0 Å². The molecule has 0 spiro atoms. The molecule has 0 fully saturated rings. The molecule has 0 aromatic heterocycles. The van der Waals surface area contributed by atoms with Crippen molar-refractivity contribution in [2.24, 2.45) is 0 Å². The zero-order valence-electron chi connectivity index (χ0n) is 22.1. The Bertz CT molecular complexity index is 1040. The highest BCUT2D eigenvalue weighted by Gasteiger charge is 2.40. The average Bonchev–Trinajstić information content (AvgIpc) is 2.94. The van der Waals surface area contributed by atoms with Crippen LogP contribution in [0.15, 0.2) is 127 Å². The Morgan fingerprint density at radius 2 is 1.26 bits per heavy atom. The van der Waals surface area contributed by atoms with E-state index in [0.717, 1.165) is 10.6 Å². The largest absolute Gasteiger partial charge is 0.296 e. The van der Waals surface area contributed by atoms with Crippen LogP contribution in [0.1, 0.15) is 41.5 Å². The molecule has 3 rings (SSSR count). The lowest BCUT2D eigenvalue weighted by molar-refractivity contribution is 0.552. The molecule has 0 radical (unpaired) electrons. The highest BCUT2D eigenvalue weighted by molar-refractivity contribution is 7.86. The first kappa shape index (κ1) is 30.5. The Labute approximate surface area is 215 Å². The van der Waals surface area contributed by atoms with Crippen molar-refractivity contribution < 1.29 is 4.57 Å². The number of hydrogen-bond donors (Lipinski definition) is 0. The van der Waals surface area contributed by atoms with Gasteiger partial charge in [-0.15, -0.1) is 0 Å². The topological polar surface area (TPSA) is 20.3 Å². The van der Waals surface area contributed by atoms with Crippen molar-refractivity contribution in [2.45, 2.75) is 41.5 Å². The van der Waals surface area contributed by atoms with Crippen LogP contribution >= 0.6 is 15.4 Å². The molecule has 0 amide bonds. The van der Waals surface area contributed by atoms with Crippen LogP contribution in [-0.2, 0) is 4.57 Å². The van der Waals surface area contributed by atoms with Gasteiger partial charge in [-0.3, -0.25) is 4.57 Å². The predicted molar refractivity (Wildman–Crippen MR) is 161 cm³/mol. The molecule has 186 valence electrons. The summed E-state index contributed by atoms with van der Waals surface area (Å²) in [5.74, 6) is 0. The summed E-state index contributed by atoms with van der Waals surface area (Å²) in [6.45, 7) is 16.6. The van der Waals surface area contributed by atoms with E-state index in [4.69, 9.17) is 0 Å². The Balaban J connectivity index is 0.00000145. The summed E-state index contributed by atoms with van der Waals surface area (Å²) in [5.41, 5.74) is 0. The lowest BCUT2D eigenvalue weighted by Crippen LogP contribution is -2.30. The minimum absolute atomic E-state index is 0.647. The van der Waals surface area contributed by atoms with E-state index in [2.05, 4.69) is 66.5 Å². The van der Waals surface area contributed by atoms with Crippen LogP contribution in [-0.4, -0.2) is 11.0 Å². The first-order valence-electron chi connectivity index (χ1n) is 12.5. The molecule has 2 nitrogen and oxygen atoms in total. The lowest BCUT2D eigenvalue weighted by atomic mass is 10.4. The predicted octanol–water partition coefficient (Wildman–Crippen LogP) is 8.66. The Kier molecular flexibility index (Phi) is 14.8. The highest BCUT2D eigenvalue weighted by atomic mass is 31.2. The molecule has 0 N–H and O–H groups in total. The van der Waals surface area contributed by atoms with Crippen molar-refractivity contribution in [3.05, 3.63) is 127 Å². The minimum atomic E-state index is -3.15. The highest BCUT2D eigenvalue weighted by Crippen LogP contribution is 2.65. The lowest BCUT2D eigenvalue weighted by Gasteiger charge is -2.38. The van der Waals surface area contributed by atoms with Gasteiger partial charge < -0.3 is 0 Å². The number of rotatable bonds is 9. The molecule has 3 aromatic rings. The summed E-state index contributed by atoms with van der Waals surface area (Å²) in [6.07, 6.45) is 7.53. The quantitative estimate of drug-likeness (QED) is 0.214. The van der Waals surface area contributed by atoms with Crippen molar-refractivity contribution in [2.75, 3.05) is 6.54 Å². The molecule has 3 aromatic carbocycles. The fourth-order valence-electron chi connectivity index (χ4n) is 3.62. The zero-order chi connectivity index (χ0) is 26.1. The molecular weight excluding hydrogens is 464 g/mol. The van der Waals surface area contributed by atoms with Gasteiger partial charge in [0, 0.05) is 25.2 Å². The van der Waals surface area contributed by atoms with E-state index in [1.807, 2.05) is 95.3 Å². The van der Waals surface area contributed by atoms with Gasteiger partial charge in [0.25, 0.3) is 0 Å². The minimum Gasteiger partial charge on any atom is -0.296 e. The Hall–Kier alpha value is -2.50. The molecule has 1 unspecified atom stereocenters. The van der Waals surface area contributed by atoms with Crippen molar-refractivity contribution in [3.63, 3.8) is 0 Å². The van der Waals surface area contributed by atoms with E-state index in [-0.39, 0.29) is 0 Å². The molecule has 0 aliphatic rings. The molecule has 0 heterocycles. The van der Waals surface area contributed by atoms with Crippen LogP contribution in [0.5, 0.6) is 0 Å². The summed E-state index contributed by atoms with van der Waals surface area (Å²) in [6, 6.07) is 30.7. The van der Waals surface area contributed by atoms with Crippen molar-refractivity contribution >= 4 is 31.3 Å². The first-order chi connectivity index (χ1) is 17.2. The molecule has 1 atom stereocenters. The summed E-state index contributed by atoms with van der Waals surface area (Å²) in [7, 11) is -4.17. The molecule has 0 saturated carbocycles. The van der Waals surface area contributed by atoms with Crippen LogP contribution in [0.25, 0.3) is 0 Å². The summed E-state index contributed by atoms with van der Waals surface area (Å²) in [4.78, 5) is 0. The second-order valence-electron chi connectivity index (χ2n) is 6.91. The zero-order valence-corrected chi connectivity index (χ0v) is 23.9. The molecule has 4 heteroatoms. The number of nitrogens with zero attached hydrogens (tertiary/aromatic N) is 1. The summed E-state index contributed by atoms with van der Waals surface area (Å²) in [5, 5.41) is 3.99. The number of hydrogen-bond acceptors (Lipinski definition) is 1. The Morgan fingerprint density at radius 3 is 1.63 bits per heavy atom. The van der Waals surface area contributed by atoms with E-state index < -0.39 is 15.4 Å². The molecule has 0 aliphatic heterocycles. The molecule has 35 heavy (non-hydrogen) atoms. The van der Waals surface area contributed by atoms with Crippen LogP contribution < -0.4 is 15.9 Å². The van der Waals surface area contributed by atoms with Gasteiger partial charge in [-0.1, -0.05) is 144 Å². The van der Waals surface area contributed by atoms with E-state index in [9.17, 15) is 0 Å². The van der Waals surface area contributed by atoms with Crippen molar-refractivity contribution in [1.82, 2.24) is 4.44 Å². The van der Waals surface area contributed by atoms with Crippen molar-refractivity contribution in [3.8, 4) is 0 Å². The third-order valence-electron chi connectivity index (χ3n) is 4.92. The van der Waals surface area contributed by atoms with Gasteiger partial charge in [0.15, 0.2) is 0 Å². The van der Waals surface area contributed by atoms with E-state index >= 15 is 4.57 Å². The SMILES string of the molecule is C=C/C=C(\C=C/C)P(=O)(c1ccccc1)N(CC)P(c1ccccc1)c1ccccc1.CC.CC. The van der Waals surface area contributed by atoms with Crippen LogP contribution in [0.2, 0.25) is 0 Å². The standard InChI is InChI=1S/C27H29NOP2.2C2H6/c1-4-16-26(17-5-2)31(29,27-22-14-9-15-23-27)28(6-3)30(24-18-10-7-11-19-24)25-20-12-8-13-21-25;2*1-2/h4-5,7-23H,1,6H2,2-3H3;2*1-2H3/b17-5-,26-16+;;. The van der Waals surface area contributed by atoms with Gasteiger partial charge >= 0.3 is 0 Å². The summed E-state index contributed by atoms with van der Waals surface area (Å²) >= 11 is 0. The fourth-order valence-corrected chi connectivity index (χ4v) is 10.4. The van der Waals surface area contributed by atoms with E-state index in [1.165, 1.54) is 10.6 Å². The van der Waals surface area contributed by atoms with Crippen molar-refractivity contribution in [1.29, 1.82) is 0 Å². The second kappa shape index (κ2) is 17.0. The molecular formula is C31H41NOP2. The maximum Gasteiger partial charge on any atom is 0.211 e. The average molecular weight is 506 g/mol. The Morgan fingerprint density at radius 1 is 0.829 bits per heavy atom. The smallest absolute Gasteiger partial charge is 0.211 e. The normalized spacial score (nSPS) is 12.9. The van der Waals surface area contributed by atoms with Crippen LogP contribution in [0.4, 0.5) is 0 Å². The molecule has 0 aliphatic carbocycles. The van der Waals surface area contributed by atoms with Gasteiger partial charge in [0.1, 0.15) is 0 Å². The van der Waals surface area contributed by atoms with Gasteiger partial charge in [0.2, 0.25) is 7.29 Å². The number of benzene rings is 3.